The van der Waals surface area contributed by atoms with E-state index in [1.54, 1.807) is 13.0 Å². The predicted molar refractivity (Wildman–Crippen MR) is 82.5 cm³/mol. The number of hydrogen-bond acceptors (Lipinski definition) is 4. The van der Waals surface area contributed by atoms with Gasteiger partial charge in [-0.25, -0.2) is 0 Å². The number of likely N-dealkylation sites (tertiary alicyclic amines) is 1. The number of carbonyl (C=O) groups excluding carboxylic acids is 3. The highest BCUT2D eigenvalue weighted by molar-refractivity contribution is 6.06. The molecule has 122 valence electrons. The average molecular weight is 317 g/mol. The molecule has 1 fully saturated rings. The molecule has 2 aliphatic heterocycles. The minimum Gasteiger partial charge on any atom is -0.375 e. The molecule has 0 bridgehead atoms. The molecule has 0 aliphatic carbocycles. The largest absolute Gasteiger partial charge is 0.375 e. The number of ether oxygens (including phenoxy) is 1. The van der Waals surface area contributed by atoms with Crippen LogP contribution in [0.3, 0.4) is 0 Å². The number of nitrogens with one attached hydrogen (secondary N) is 1. The van der Waals surface area contributed by atoms with Gasteiger partial charge in [-0.3, -0.25) is 14.4 Å². The van der Waals surface area contributed by atoms with Gasteiger partial charge in [0.2, 0.25) is 11.8 Å². The summed E-state index contributed by atoms with van der Waals surface area (Å²) >= 11 is 0. The van der Waals surface area contributed by atoms with Crippen molar-refractivity contribution in [2.24, 2.45) is 11.7 Å². The maximum Gasteiger partial charge on any atom is 0.250 e. The Hall–Kier alpha value is -2.41. The fourth-order valence-electron chi connectivity index (χ4n) is 3.78. The van der Waals surface area contributed by atoms with E-state index in [9.17, 15) is 14.4 Å². The first-order valence-electron chi connectivity index (χ1n) is 7.40. The van der Waals surface area contributed by atoms with Gasteiger partial charge in [-0.1, -0.05) is 18.2 Å². The molecular weight excluding hydrogens is 298 g/mol. The van der Waals surface area contributed by atoms with Crippen LogP contribution in [0, 0.1) is 5.92 Å². The van der Waals surface area contributed by atoms with E-state index in [0.29, 0.717) is 5.69 Å². The van der Waals surface area contributed by atoms with E-state index in [4.69, 9.17) is 10.5 Å². The Morgan fingerprint density at radius 1 is 1.43 bits per heavy atom. The maximum atomic E-state index is 12.7. The van der Waals surface area contributed by atoms with Gasteiger partial charge in [0.1, 0.15) is 12.1 Å². The van der Waals surface area contributed by atoms with Gasteiger partial charge in [-0.2, -0.15) is 0 Å². The second kappa shape index (κ2) is 5.34. The van der Waals surface area contributed by atoms with Crippen LogP contribution in [0.25, 0.3) is 0 Å². The van der Waals surface area contributed by atoms with Crippen LogP contribution >= 0.6 is 0 Å². The number of benzene rings is 1. The van der Waals surface area contributed by atoms with Crippen LogP contribution in [0.15, 0.2) is 24.3 Å². The van der Waals surface area contributed by atoms with Crippen molar-refractivity contribution in [3.05, 3.63) is 29.8 Å². The maximum absolute atomic E-state index is 12.7. The summed E-state index contributed by atoms with van der Waals surface area (Å²) in [4.78, 5) is 38.5. The van der Waals surface area contributed by atoms with Gasteiger partial charge in [0.15, 0.2) is 0 Å². The van der Waals surface area contributed by atoms with Crippen LogP contribution in [0.4, 0.5) is 5.69 Å². The molecule has 7 heteroatoms. The molecule has 3 N–H and O–H groups in total. The number of hydrogen-bond donors (Lipinski definition) is 2. The molecule has 1 aromatic carbocycles. The third-order valence-corrected chi connectivity index (χ3v) is 4.89. The van der Waals surface area contributed by atoms with E-state index < -0.39 is 23.3 Å². The Bertz CT molecular complexity index is 690. The van der Waals surface area contributed by atoms with Crippen molar-refractivity contribution < 1.29 is 19.1 Å². The molecule has 2 aliphatic rings. The predicted octanol–water partition coefficient (Wildman–Crippen LogP) is 0.0711. The number of rotatable bonds is 3. The Morgan fingerprint density at radius 3 is 2.78 bits per heavy atom. The third-order valence-electron chi connectivity index (χ3n) is 4.89. The molecule has 7 nitrogen and oxygen atoms in total. The minimum absolute atomic E-state index is 0.112. The summed E-state index contributed by atoms with van der Waals surface area (Å²) in [5.41, 5.74) is 5.88. The van der Waals surface area contributed by atoms with Crippen LogP contribution in [0.1, 0.15) is 18.4 Å². The van der Waals surface area contributed by atoms with Gasteiger partial charge in [0.05, 0.1) is 5.92 Å². The Morgan fingerprint density at radius 2 is 2.13 bits per heavy atom. The number of amides is 3. The summed E-state index contributed by atoms with van der Waals surface area (Å²) < 4.78 is 4.90. The molecule has 1 aromatic rings. The lowest BCUT2D eigenvalue weighted by Crippen LogP contribution is -2.58. The quantitative estimate of drug-likeness (QED) is 0.823. The third kappa shape index (κ3) is 2.11. The van der Waals surface area contributed by atoms with E-state index in [1.807, 2.05) is 18.2 Å². The molecule has 3 amide bonds. The number of anilines is 1. The number of carbonyl (C=O) groups is 3. The lowest BCUT2D eigenvalue weighted by atomic mass is 9.72. The molecule has 1 saturated heterocycles. The fourth-order valence-corrected chi connectivity index (χ4v) is 3.78. The van der Waals surface area contributed by atoms with E-state index in [1.165, 1.54) is 12.0 Å². The van der Waals surface area contributed by atoms with Crippen LogP contribution < -0.4 is 11.1 Å². The molecule has 0 saturated carbocycles. The molecule has 0 aromatic heterocycles. The van der Waals surface area contributed by atoms with Gasteiger partial charge in [-0.05, 0) is 18.6 Å². The highest BCUT2D eigenvalue weighted by Crippen LogP contribution is 2.50. The smallest absolute Gasteiger partial charge is 0.250 e. The topological polar surface area (TPSA) is 102 Å². The zero-order chi connectivity index (χ0) is 16.8. The summed E-state index contributed by atoms with van der Waals surface area (Å²) in [5, 5.41) is 2.83. The normalized spacial score (nSPS) is 28.8. The first-order chi connectivity index (χ1) is 10.9. The van der Waals surface area contributed by atoms with Crippen LogP contribution in [-0.2, 0) is 19.1 Å². The van der Waals surface area contributed by atoms with Crippen molar-refractivity contribution in [3.8, 4) is 0 Å². The minimum atomic E-state index is -1.16. The standard InChI is InChI=1S/C16H19N3O4/c1-16-13(9-5-3-4-6-11(9)18-15(16)22)10(14(17)21)7-19(16)12(20)8-23-2/h3-6,10,13H,7-8H2,1-2H3,(H2,17,21)(H,18,22)/t10-,13+,16-/m0/s1. The van der Waals surface area contributed by atoms with Gasteiger partial charge in [0, 0.05) is 25.3 Å². The number of fused-ring (bicyclic) bond motifs is 3. The number of nitrogens with two attached hydrogens (primary N) is 1. The molecule has 3 atom stereocenters. The Labute approximate surface area is 133 Å². The molecule has 0 unspecified atom stereocenters. The first kappa shape index (κ1) is 15.5. The lowest BCUT2D eigenvalue weighted by molar-refractivity contribution is -0.145. The summed E-state index contributed by atoms with van der Waals surface area (Å²) in [6.07, 6.45) is 0. The number of primary amides is 1. The molecule has 23 heavy (non-hydrogen) atoms. The van der Waals surface area contributed by atoms with Gasteiger partial charge < -0.3 is 20.7 Å². The molecule has 0 radical (unpaired) electrons. The second-order valence-corrected chi connectivity index (χ2v) is 6.11. The first-order valence-corrected chi connectivity index (χ1v) is 7.40. The molecule has 0 spiro atoms. The number of methoxy groups -OCH3 is 1. The molecule has 3 rings (SSSR count). The Balaban J connectivity index is 2.14. The SMILES string of the molecule is COCC(=O)N1C[C@H](C(N)=O)[C@H]2c3ccccc3NC(=O)[C@]21C. The van der Waals surface area contributed by atoms with E-state index in [-0.39, 0.29) is 25.0 Å². The second-order valence-electron chi connectivity index (χ2n) is 6.11. The number of nitrogens with zero attached hydrogens (tertiary/aromatic N) is 1. The number of para-hydroxylation sites is 1. The van der Waals surface area contributed by atoms with Gasteiger partial charge >= 0.3 is 0 Å². The van der Waals surface area contributed by atoms with E-state index in [2.05, 4.69) is 5.32 Å². The van der Waals surface area contributed by atoms with Crippen molar-refractivity contribution in [1.82, 2.24) is 4.90 Å². The van der Waals surface area contributed by atoms with Crippen LogP contribution in [-0.4, -0.2) is 48.4 Å². The van der Waals surface area contributed by atoms with Crippen LogP contribution in [0.2, 0.25) is 0 Å². The van der Waals surface area contributed by atoms with E-state index in [0.717, 1.165) is 5.56 Å². The van der Waals surface area contributed by atoms with Crippen molar-refractivity contribution >= 4 is 23.4 Å². The summed E-state index contributed by atoms with van der Waals surface area (Å²) in [7, 11) is 1.41. The summed E-state index contributed by atoms with van der Waals surface area (Å²) in [6.45, 7) is 1.64. The average Bonchev–Trinajstić information content (AvgIpc) is 2.83. The van der Waals surface area contributed by atoms with Crippen molar-refractivity contribution in [1.29, 1.82) is 0 Å². The van der Waals surface area contributed by atoms with Crippen LogP contribution in [0.5, 0.6) is 0 Å². The fraction of sp³-hybridized carbons (Fsp3) is 0.438. The monoisotopic (exact) mass is 317 g/mol. The van der Waals surface area contributed by atoms with Crippen molar-refractivity contribution in [3.63, 3.8) is 0 Å². The highest BCUT2D eigenvalue weighted by Gasteiger charge is 2.61. The van der Waals surface area contributed by atoms with E-state index >= 15 is 0 Å². The summed E-state index contributed by atoms with van der Waals surface area (Å²) in [6, 6.07) is 7.29. The van der Waals surface area contributed by atoms with Gasteiger partial charge in [0.25, 0.3) is 5.91 Å². The lowest BCUT2D eigenvalue weighted by Gasteiger charge is -2.42. The Kier molecular flexibility index (Phi) is 3.60. The van der Waals surface area contributed by atoms with Gasteiger partial charge in [-0.15, -0.1) is 0 Å². The summed E-state index contributed by atoms with van der Waals surface area (Å²) in [5.74, 6) is -2.25. The van der Waals surface area contributed by atoms with Crippen molar-refractivity contribution in [2.45, 2.75) is 18.4 Å². The molecule has 2 heterocycles. The zero-order valence-electron chi connectivity index (χ0n) is 13.0. The van der Waals surface area contributed by atoms with Crippen molar-refractivity contribution in [2.75, 3.05) is 25.6 Å². The molecular formula is C16H19N3O4. The highest BCUT2D eigenvalue weighted by atomic mass is 16.5. The zero-order valence-corrected chi connectivity index (χ0v) is 13.0.